The maximum atomic E-state index is 11.4. The van der Waals surface area contributed by atoms with Crippen molar-refractivity contribution in [3.05, 3.63) is 28.5 Å². The molecule has 0 aromatic carbocycles. The highest BCUT2D eigenvalue weighted by Gasteiger charge is 2.31. The van der Waals surface area contributed by atoms with Crippen LogP contribution >= 0.6 is 15.9 Å². The van der Waals surface area contributed by atoms with Crippen LogP contribution in [0.1, 0.15) is 30.9 Å². The minimum absolute atomic E-state index is 0.0560. The largest absolute Gasteiger partial charge is 0.469 e. The Balaban J connectivity index is 2.03. The Morgan fingerprint density at radius 1 is 1.50 bits per heavy atom. The quantitative estimate of drug-likeness (QED) is 0.784. The zero-order chi connectivity index (χ0) is 11.5. The number of carbonyl (C=O) groups excluding carboxylic acids is 1. The Morgan fingerprint density at radius 3 is 2.94 bits per heavy atom. The standard InChI is InChI=1S/C12H14BrNO2/c1-16-12(15)9-3-2-8(6-9)11-5-4-10(13)7-14-11/h4-5,7-9H,2-3,6H2,1H3. The Labute approximate surface area is 103 Å². The molecule has 1 aromatic heterocycles. The first kappa shape index (κ1) is 11.6. The topological polar surface area (TPSA) is 39.2 Å². The van der Waals surface area contributed by atoms with Crippen LogP contribution in [0.2, 0.25) is 0 Å². The second-order valence-corrected chi connectivity index (χ2v) is 5.05. The minimum Gasteiger partial charge on any atom is -0.469 e. The maximum Gasteiger partial charge on any atom is 0.308 e. The molecule has 1 fully saturated rings. The first-order chi connectivity index (χ1) is 7.70. The highest BCUT2D eigenvalue weighted by Crippen LogP contribution is 2.38. The van der Waals surface area contributed by atoms with Gasteiger partial charge >= 0.3 is 5.97 Å². The summed E-state index contributed by atoms with van der Waals surface area (Å²) in [5, 5.41) is 0. The minimum atomic E-state index is -0.0837. The van der Waals surface area contributed by atoms with Crippen molar-refractivity contribution in [2.45, 2.75) is 25.2 Å². The van der Waals surface area contributed by atoms with Gasteiger partial charge in [0.25, 0.3) is 0 Å². The molecule has 4 heteroatoms. The summed E-state index contributed by atoms with van der Waals surface area (Å²) in [5.41, 5.74) is 1.08. The lowest BCUT2D eigenvalue weighted by atomic mass is 10.0. The van der Waals surface area contributed by atoms with Gasteiger partial charge in [-0.2, -0.15) is 0 Å². The second kappa shape index (κ2) is 4.95. The van der Waals surface area contributed by atoms with Crippen LogP contribution in [0.15, 0.2) is 22.8 Å². The molecule has 0 radical (unpaired) electrons. The number of hydrogen-bond donors (Lipinski definition) is 0. The molecule has 0 amide bonds. The van der Waals surface area contributed by atoms with Crippen LogP contribution in [-0.4, -0.2) is 18.1 Å². The molecule has 1 aliphatic rings. The van der Waals surface area contributed by atoms with E-state index in [1.165, 1.54) is 7.11 Å². The van der Waals surface area contributed by atoms with Gasteiger partial charge in [0, 0.05) is 22.3 Å². The van der Waals surface area contributed by atoms with E-state index in [1.54, 1.807) is 6.20 Å². The van der Waals surface area contributed by atoms with E-state index in [4.69, 9.17) is 4.74 Å². The SMILES string of the molecule is COC(=O)C1CCC(c2ccc(Br)cn2)C1. The van der Waals surface area contributed by atoms with E-state index in [1.807, 2.05) is 12.1 Å². The summed E-state index contributed by atoms with van der Waals surface area (Å²) in [4.78, 5) is 15.8. The number of halogens is 1. The van der Waals surface area contributed by atoms with E-state index >= 15 is 0 Å². The number of methoxy groups -OCH3 is 1. The number of nitrogens with zero attached hydrogens (tertiary/aromatic N) is 1. The molecule has 1 aliphatic carbocycles. The fourth-order valence-electron chi connectivity index (χ4n) is 2.26. The molecule has 2 rings (SSSR count). The smallest absolute Gasteiger partial charge is 0.308 e. The molecule has 16 heavy (non-hydrogen) atoms. The summed E-state index contributed by atoms with van der Waals surface area (Å²) in [6.45, 7) is 0. The molecule has 0 bridgehead atoms. The molecule has 0 N–H and O–H groups in total. The van der Waals surface area contributed by atoms with Crippen molar-refractivity contribution >= 4 is 21.9 Å². The van der Waals surface area contributed by atoms with E-state index in [0.717, 1.165) is 29.4 Å². The van der Waals surface area contributed by atoms with Gasteiger partial charge in [0.05, 0.1) is 13.0 Å². The number of esters is 1. The predicted octanol–water partition coefficient (Wildman–Crippen LogP) is 2.90. The molecule has 1 aromatic rings. The zero-order valence-electron chi connectivity index (χ0n) is 9.15. The van der Waals surface area contributed by atoms with Crippen molar-refractivity contribution in [1.29, 1.82) is 0 Å². The first-order valence-corrected chi connectivity index (χ1v) is 6.19. The second-order valence-electron chi connectivity index (χ2n) is 4.13. The van der Waals surface area contributed by atoms with Gasteiger partial charge in [-0.05, 0) is 47.3 Å². The van der Waals surface area contributed by atoms with E-state index in [2.05, 4.69) is 20.9 Å². The van der Waals surface area contributed by atoms with Crippen LogP contribution in [0, 0.1) is 5.92 Å². The lowest BCUT2D eigenvalue weighted by Crippen LogP contribution is -2.12. The van der Waals surface area contributed by atoms with Gasteiger partial charge in [-0.25, -0.2) is 0 Å². The molecular formula is C12H14BrNO2. The Kier molecular flexibility index (Phi) is 3.59. The highest BCUT2D eigenvalue weighted by atomic mass is 79.9. The summed E-state index contributed by atoms with van der Waals surface area (Å²) < 4.78 is 5.76. The van der Waals surface area contributed by atoms with Crippen molar-refractivity contribution in [3.8, 4) is 0 Å². The average molecular weight is 284 g/mol. The number of pyridine rings is 1. The number of hydrogen-bond acceptors (Lipinski definition) is 3. The van der Waals surface area contributed by atoms with E-state index in [0.29, 0.717) is 5.92 Å². The molecule has 2 atom stereocenters. The molecule has 0 spiro atoms. The van der Waals surface area contributed by atoms with Crippen LogP contribution in [-0.2, 0) is 9.53 Å². The molecule has 0 saturated heterocycles. The third kappa shape index (κ3) is 2.43. The van der Waals surface area contributed by atoms with Crippen LogP contribution in [0.3, 0.4) is 0 Å². The molecule has 0 aliphatic heterocycles. The van der Waals surface area contributed by atoms with Crippen LogP contribution in [0.4, 0.5) is 0 Å². The van der Waals surface area contributed by atoms with E-state index < -0.39 is 0 Å². The van der Waals surface area contributed by atoms with Crippen molar-refractivity contribution in [2.24, 2.45) is 5.92 Å². The Morgan fingerprint density at radius 2 is 2.31 bits per heavy atom. The third-order valence-corrected chi connectivity index (χ3v) is 3.60. The summed E-state index contributed by atoms with van der Waals surface area (Å²) in [6, 6.07) is 4.02. The number of rotatable bonds is 2. The summed E-state index contributed by atoms with van der Waals surface area (Å²) in [5.74, 6) is 0.372. The Hall–Kier alpha value is -0.900. The first-order valence-electron chi connectivity index (χ1n) is 5.40. The van der Waals surface area contributed by atoms with Crippen molar-refractivity contribution in [1.82, 2.24) is 4.98 Å². The third-order valence-electron chi connectivity index (χ3n) is 3.14. The van der Waals surface area contributed by atoms with Gasteiger partial charge in [-0.3, -0.25) is 9.78 Å². The summed E-state index contributed by atoms with van der Waals surface area (Å²) in [7, 11) is 1.45. The van der Waals surface area contributed by atoms with Crippen molar-refractivity contribution < 1.29 is 9.53 Å². The van der Waals surface area contributed by atoms with Gasteiger partial charge in [-0.1, -0.05) is 0 Å². The maximum absolute atomic E-state index is 11.4. The number of aromatic nitrogens is 1. The number of ether oxygens (including phenoxy) is 1. The van der Waals surface area contributed by atoms with Crippen LogP contribution in [0.5, 0.6) is 0 Å². The monoisotopic (exact) mass is 283 g/mol. The fourth-order valence-corrected chi connectivity index (χ4v) is 2.49. The summed E-state index contributed by atoms with van der Waals surface area (Å²) in [6.07, 6.45) is 4.60. The summed E-state index contributed by atoms with van der Waals surface area (Å²) >= 11 is 3.36. The normalized spacial score (nSPS) is 24.4. The zero-order valence-corrected chi connectivity index (χ0v) is 10.7. The molecule has 2 unspecified atom stereocenters. The lowest BCUT2D eigenvalue weighted by molar-refractivity contribution is -0.145. The van der Waals surface area contributed by atoms with Crippen molar-refractivity contribution in [2.75, 3.05) is 7.11 Å². The van der Waals surface area contributed by atoms with Gasteiger partial charge in [0.1, 0.15) is 0 Å². The van der Waals surface area contributed by atoms with Gasteiger partial charge in [0.2, 0.25) is 0 Å². The van der Waals surface area contributed by atoms with E-state index in [9.17, 15) is 4.79 Å². The van der Waals surface area contributed by atoms with Gasteiger partial charge in [-0.15, -0.1) is 0 Å². The van der Waals surface area contributed by atoms with E-state index in [-0.39, 0.29) is 11.9 Å². The molecule has 1 heterocycles. The van der Waals surface area contributed by atoms with Gasteiger partial charge < -0.3 is 4.74 Å². The van der Waals surface area contributed by atoms with Crippen LogP contribution in [0.25, 0.3) is 0 Å². The van der Waals surface area contributed by atoms with Gasteiger partial charge in [0.15, 0.2) is 0 Å². The predicted molar refractivity (Wildman–Crippen MR) is 64.0 cm³/mol. The molecule has 1 saturated carbocycles. The molecular weight excluding hydrogens is 270 g/mol. The molecule has 3 nitrogen and oxygen atoms in total. The molecule has 86 valence electrons. The lowest BCUT2D eigenvalue weighted by Gasteiger charge is -2.09. The van der Waals surface area contributed by atoms with Crippen LogP contribution < -0.4 is 0 Å². The number of carbonyl (C=O) groups is 1. The van der Waals surface area contributed by atoms with Crippen molar-refractivity contribution in [3.63, 3.8) is 0 Å². The Bertz CT molecular complexity index is 377. The highest BCUT2D eigenvalue weighted by molar-refractivity contribution is 9.10. The fraction of sp³-hybridized carbons (Fsp3) is 0.500. The average Bonchev–Trinajstić information content (AvgIpc) is 2.78.